The zero-order valence-electron chi connectivity index (χ0n) is 2.69. The van der Waals surface area contributed by atoms with Crippen LogP contribution in [0.2, 0.25) is 0 Å². The molecule has 4 heavy (non-hydrogen) atoms. The van der Waals surface area contributed by atoms with E-state index in [0.717, 1.165) is 6.42 Å². The van der Waals surface area contributed by atoms with Crippen LogP contribution in [0.15, 0.2) is 0 Å². The Hall–Kier alpha value is 0.389. The Morgan fingerprint density at radius 3 is 2.25 bits per heavy atom. The zero-order valence-corrected chi connectivity index (χ0v) is 4.41. The molecule has 0 aromatic heterocycles. The quantitative estimate of drug-likeness (QED) is 0.439. The second-order valence-corrected chi connectivity index (χ2v) is 1.27. The van der Waals surface area contributed by atoms with Crippen LogP contribution < -0.4 is 0 Å². The molecule has 0 heterocycles. The van der Waals surface area contributed by atoms with Gasteiger partial charge in [0.1, 0.15) is 0 Å². The first-order chi connectivity index (χ1) is 1.91. The van der Waals surface area contributed by atoms with Gasteiger partial charge in [0.05, 0.1) is 0 Å². The van der Waals surface area contributed by atoms with E-state index in [4.69, 9.17) is 0 Å². The first kappa shape index (κ1) is 4.39. The number of hydrogen-bond donors (Lipinski definition) is 0. The van der Waals surface area contributed by atoms with Crippen LogP contribution in [0.3, 0.4) is 0 Å². The van der Waals surface area contributed by atoms with Crippen molar-refractivity contribution in [1.29, 1.82) is 0 Å². The summed E-state index contributed by atoms with van der Waals surface area (Å²) < 4.78 is 0. The van der Waals surface area contributed by atoms with Crippen molar-refractivity contribution >= 4 is 20.5 Å². The molecular weight excluding hydrogens is 115 g/mol. The first-order valence-corrected chi connectivity index (χ1v) is 2.34. The van der Waals surface area contributed by atoms with Crippen LogP contribution in [-0.2, 0) is 0 Å². The van der Waals surface area contributed by atoms with Crippen molar-refractivity contribution in [2.45, 2.75) is 13.3 Å². The van der Waals surface area contributed by atoms with E-state index < -0.39 is 0 Å². The van der Waals surface area contributed by atoms with Crippen LogP contribution in [0.25, 0.3) is 0 Å². The van der Waals surface area contributed by atoms with E-state index in [1.807, 2.05) is 4.92 Å². The molecule has 0 aromatic rings. The van der Waals surface area contributed by atoms with Crippen molar-refractivity contribution in [3.63, 3.8) is 0 Å². The zero-order chi connectivity index (χ0) is 3.41. The summed E-state index contributed by atoms with van der Waals surface area (Å²) in [5.74, 6) is 0. The molecule has 0 aromatic carbocycles. The van der Waals surface area contributed by atoms with Gasteiger partial charge in [0.25, 0.3) is 0 Å². The Bertz CT molecular complexity index is 17.2. The molecule has 0 rings (SSSR count). The molecule has 24 valence electrons. The van der Waals surface area contributed by atoms with Gasteiger partial charge in [-0.05, 0) is 0 Å². The van der Waals surface area contributed by atoms with Crippen molar-refractivity contribution < 1.29 is 0 Å². The third kappa shape index (κ3) is 2.39. The van der Waals surface area contributed by atoms with Gasteiger partial charge >= 0.3 is 33.8 Å². The van der Waals surface area contributed by atoms with E-state index in [0.29, 0.717) is 0 Å². The molecule has 0 spiro atoms. The Morgan fingerprint density at radius 1 is 2.00 bits per heavy atom. The average Bonchev–Trinajstić information content (AvgIpc) is 1.37. The summed E-state index contributed by atoms with van der Waals surface area (Å²) in [4.78, 5) is 2.00. The van der Waals surface area contributed by atoms with Crippen LogP contribution in [0.5, 0.6) is 0 Å². The molecule has 0 unspecified atom stereocenters. The van der Waals surface area contributed by atoms with Gasteiger partial charge in [-0.25, -0.2) is 0 Å². The van der Waals surface area contributed by atoms with Crippen LogP contribution in [0.1, 0.15) is 13.3 Å². The molecule has 0 aliphatic rings. The first-order valence-electron chi connectivity index (χ1n) is 1.35. The number of rotatable bonds is 1. The van der Waals surface area contributed by atoms with Gasteiger partial charge in [-0.15, -0.1) is 0 Å². The van der Waals surface area contributed by atoms with E-state index in [-0.39, 0.29) is 0 Å². The summed E-state index contributed by atoms with van der Waals surface area (Å²) in [6, 6.07) is 0. The molecular formula is C3H6Se. The second kappa shape index (κ2) is 3.39. The Balaban J connectivity index is 2.30. The Kier molecular flexibility index (Phi) is 3.72. The van der Waals surface area contributed by atoms with Gasteiger partial charge in [0, 0.05) is 0 Å². The molecule has 0 bridgehead atoms. The minimum absolute atomic E-state index is 1.14. The van der Waals surface area contributed by atoms with E-state index in [2.05, 4.69) is 22.5 Å². The summed E-state index contributed by atoms with van der Waals surface area (Å²) in [6.07, 6.45) is 1.14. The van der Waals surface area contributed by atoms with E-state index in [1.165, 1.54) is 0 Å². The SMILES string of the molecule is CCC=[Se]. The second-order valence-electron chi connectivity index (χ2n) is 0.575. The standard InChI is InChI=1S/C3H6Se/c1-2-3-4/h3H,2H2,1H3. The molecule has 0 saturated carbocycles. The van der Waals surface area contributed by atoms with Gasteiger partial charge in [-0.3, -0.25) is 0 Å². The van der Waals surface area contributed by atoms with E-state index >= 15 is 0 Å². The van der Waals surface area contributed by atoms with Crippen molar-refractivity contribution in [2.75, 3.05) is 0 Å². The minimum atomic E-state index is 1.14. The topological polar surface area (TPSA) is 0 Å². The predicted octanol–water partition coefficient (Wildman–Crippen LogP) is 0.367. The number of hydrogen-bond acceptors (Lipinski definition) is 0. The fraction of sp³-hybridized carbons (Fsp3) is 0.667. The monoisotopic (exact) mass is 122 g/mol. The van der Waals surface area contributed by atoms with E-state index in [1.54, 1.807) is 0 Å². The third-order valence-electron chi connectivity index (χ3n) is 0.167. The van der Waals surface area contributed by atoms with Crippen molar-refractivity contribution in [2.24, 2.45) is 0 Å². The average molecular weight is 121 g/mol. The van der Waals surface area contributed by atoms with Crippen molar-refractivity contribution in [1.82, 2.24) is 0 Å². The van der Waals surface area contributed by atoms with Gasteiger partial charge in [0.15, 0.2) is 0 Å². The molecule has 0 radical (unpaired) electrons. The van der Waals surface area contributed by atoms with Gasteiger partial charge in [0.2, 0.25) is 0 Å². The summed E-state index contributed by atoms with van der Waals surface area (Å²) >= 11 is 2.77. The molecule has 0 N–H and O–H groups in total. The molecule has 0 atom stereocenters. The summed E-state index contributed by atoms with van der Waals surface area (Å²) in [6.45, 7) is 2.09. The van der Waals surface area contributed by atoms with Crippen LogP contribution in [0.4, 0.5) is 0 Å². The molecule has 1 heteroatoms. The summed E-state index contributed by atoms with van der Waals surface area (Å²) in [5.41, 5.74) is 0. The third-order valence-corrected chi connectivity index (χ3v) is 0.866. The van der Waals surface area contributed by atoms with Crippen LogP contribution in [0, 0.1) is 0 Å². The maximum absolute atomic E-state index is 2.77. The normalized spacial score (nSPS) is 6.25. The molecule has 0 aliphatic heterocycles. The Morgan fingerprint density at radius 2 is 2.25 bits per heavy atom. The van der Waals surface area contributed by atoms with Gasteiger partial charge in [-0.2, -0.15) is 0 Å². The Labute approximate surface area is 34.6 Å². The molecule has 0 nitrogen and oxygen atoms in total. The van der Waals surface area contributed by atoms with Crippen molar-refractivity contribution in [3.8, 4) is 0 Å². The summed E-state index contributed by atoms with van der Waals surface area (Å²) in [7, 11) is 0. The van der Waals surface area contributed by atoms with Crippen LogP contribution in [-0.4, -0.2) is 20.5 Å². The molecule has 0 saturated heterocycles. The predicted molar refractivity (Wildman–Crippen MR) is 22.1 cm³/mol. The summed E-state index contributed by atoms with van der Waals surface area (Å²) in [5, 5.41) is 0. The fourth-order valence-corrected chi connectivity index (χ4v) is 0. The molecule has 0 aliphatic carbocycles. The fourth-order valence-electron chi connectivity index (χ4n) is 0. The molecule has 0 fully saturated rings. The maximum atomic E-state index is 2.77. The van der Waals surface area contributed by atoms with E-state index in [9.17, 15) is 0 Å². The van der Waals surface area contributed by atoms with Crippen molar-refractivity contribution in [3.05, 3.63) is 0 Å². The van der Waals surface area contributed by atoms with Gasteiger partial charge < -0.3 is 0 Å². The van der Waals surface area contributed by atoms with Crippen LogP contribution >= 0.6 is 0 Å². The van der Waals surface area contributed by atoms with Gasteiger partial charge in [-0.1, -0.05) is 0 Å². The molecule has 0 amide bonds.